The van der Waals surface area contributed by atoms with E-state index in [1.54, 1.807) is 0 Å². The Bertz CT molecular complexity index is 230. The van der Waals surface area contributed by atoms with Gasteiger partial charge in [-0.15, -0.1) is 0 Å². The Morgan fingerprint density at radius 3 is 2.40 bits per heavy atom. The van der Waals surface area contributed by atoms with Crippen molar-refractivity contribution in [1.29, 1.82) is 0 Å². The van der Waals surface area contributed by atoms with Gasteiger partial charge in [0, 0.05) is 6.42 Å². The van der Waals surface area contributed by atoms with Crippen molar-refractivity contribution in [1.82, 2.24) is 5.32 Å². The van der Waals surface area contributed by atoms with Gasteiger partial charge in [0.1, 0.15) is 6.61 Å². The number of carbonyl (C=O) groups excluding carboxylic acids is 2. The molecule has 0 aliphatic carbocycles. The molecule has 0 fully saturated rings. The Labute approximate surface area is 83.8 Å². The lowest BCUT2D eigenvalue weighted by Crippen LogP contribution is -2.33. The van der Waals surface area contributed by atoms with E-state index in [-0.39, 0.29) is 19.6 Å². The van der Waals surface area contributed by atoms with Crippen molar-refractivity contribution < 1.29 is 27.5 Å². The number of primary amides is 1. The Hall–Kier alpha value is -1.31. The van der Waals surface area contributed by atoms with Gasteiger partial charge in [0.2, 0.25) is 11.8 Å². The molecule has 0 radical (unpaired) electrons. The highest BCUT2D eigenvalue weighted by molar-refractivity contribution is 5.83. The van der Waals surface area contributed by atoms with Crippen molar-refractivity contribution in [3.63, 3.8) is 0 Å². The first-order valence-electron chi connectivity index (χ1n) is 4.01. The fraction of sp³-hybridized carbons (Fsp3) is 0.714. The van der Waals surface area contributed by atoms with Crippen LogP contribution in [0.15, 0.2) is 0 Å². The van der Waals surface area contributed by atoms with E-state index in [0.717, 1.165) is 0 Å². The largest absolute Gasteiger partial charge is 0.411 e. The van der Waals surface area contributed by atoms with Crippen LogP contribution in [-0.2, 0) is 14.3 Å². The molecule has 2 amide bonds. The first-order chi connectivity index (χ1) is 6.81. The van der Waals surface area contributed by atoms with E-state index in [9.17, 15) is 22.8 Å². The summed E-state index contributed by atoms with van der Waals surface area (Å²) in [5.41, 5.74) is 4.72. The quantitative estimate of drug-likeness (QED) is 0.604. The van der Waals surface area contributed by atoms with Gasteiger partial charge in [0.15, 0.2) is 0 Å². The van der Waals surface area contributed by atoms with Gasteiger partial charge < -0.3 is 15.8 Å². The summed E-state index contributed by atoms with van der Waals surface area (Å²) in [6, 6.07) is 0. The smallest absolute Gasteiger partial charge is 0.372 e. The van der Waals surface area contributed by atoms with Gasteiger partial charge in [-0.3, -0.25) is 9.59 Å². The Morgan fingerprint density at radius 1 is 1.33 bits per heavy atom. The zero-order chi connectivity index (χ0) is 11.9. The molecule has 0 saturated heterocycles. The summed E-state index contributed by atoms with van der Waals surface area (Å²) >= 11 is 0. The molecule has 5 nitrogen and oxygen atoms in total. The van der Waals surface area contributed by atoms with Crippen molar-refractivity contribution in [3.8, 4) is 0 Å². The van der Waals surface area contributed by atoms with Gasteiger partial charge in [-0.05, 0) is 0 Å². The van der Waals surface area contributed by atoms with E-state index in [4.69, 9.17) is 5.73 Å². The van der Waals surface area contributed by atoms with Gasteiger partial charge in [0.25, 0.3) is 0 Å². The standard InChI is InChI=1S/C7H11F3N2O3/c8-7(9,10)4-15-2-1-6(14)12-3-5(11)13/h1-4H2,(H2,11,13)(H,12,14). The second kappa shape index (κ2) is 6.23. The summed E-state index contributed by atoms with van der Waals surface area (Å²) in [6.07, 6.45) is -4.65. The van der Waals surface area contributed by atoms with E-state index in [0.29, 0.717) is 0 Å². The zero-order valence-electron chi connectivity index (χ0n) is 7.76. The molecule has 0 aliphatic heterocycles. The lowest BCUT2D eigenvalue weighted by molar-refractivity contribution is -0.174. The van der Waals surface area contributed by atoms with Crippen LogP contribution in [0.2, 0.25) is 0 Å². The number of carbonyl (C=O) groups is 2. The van der Waals surface area contributed by atoms with Crippen LogP contribution in [-0.4, -0.2) is 37.7 Å². The molecule has 0 unspecified atom stereocenters. The summed E-state index contributed by atoms with van der Waals surface area (Å²) < 4.78 is 38.8. The van der Waals surface area contributed by atoms with Crippen LogP contribution in [0, 0.1) is 0 Å². The summed E-state index contributed by atoms with van der Waals surface area (Å²) in [6.45, 7) is -2.09. The van der Waals surface area contributed by atoms with E-state index in [1.165, 1.54) is 0 Å². The van der Waals surface area contributed by atoms with Crippen LogP contribution in [0.1, 0.15) is 6.42 Å². The summed E-state index contributed by atoms with van der Waals surface area (Å²) in [5, 5.41) is 2.11. The van der Waals surface area contributed by atoms with Crippen molar-refractivity contribution in [3.05, 3.63) is 0 Å². The second-order valence-corrected chi connectivity index (χ2v) is 2.66. The van der Waals surface area contributed by atoms with E-state index < -0.39 is 24.6 Å². The predicted molar refractivity (Wildman–Crippen MR) is 43.7 cm³/mol. The molecular weight excluding hydrogens is 217 g/mol. The van der Waals surface area contributed by atoms with Crippen molar-refractivity contribution in [2.75, 3.05) is 19.8 Å². The monoisotopic (exact) mass is 228 g/mol. The predicted octanol–water partition coefficient (Wildman–Crippen LogP) is -0.443. The Morgan fingerprint density at radius 2 is 1.93 bits per heavy atom. The van der Waals surface area contributed by atoms with Crippen molar-refractivity contribution in [2.24, 2.45) is 5.73 Å². The molecule has 0 aliphatic rings. The number of rotatable bonds is 6. The minimum absolute atomic E-state index is 0.247. The van der Waals surface area contributed by atoms with E-state index >= 15 is 0 Å². The van der Waals surface area contributed by atoms with Crippen LogP contribution >= 0.6 is 0 Å². The first kappa shape index (κ1) is 13.7. The highest BCUT2D eigenvalue weighted by Gasteiger charge is 2.27. The third-order valence-electron chi connectivity index (χ3n) is 1.20. The number of hydrogen-bond acceptors (Lipinski definition) is 3. The average molecular weight is 228 g/mol. The molecule has 15 heavy (non-hydrogen) atoms. The molecule has 8 heteroatoms. The number of hydrogen-bond donors (Lipinski definition) is 2. The first-order valence-corrected chi connectivity index (χ1v) is 4.01. The maximum absolute atomic E-state index is 11.5. The average Bonchev–Trinajstić information content (AvgIpc) is 2.07. The summed E-state index contributed by atoms with van der Waals surface area (Å²) in [5.74, 6) is -1.31. The number of amides is 2. The second-order valence-electron chi connectivity index (χ2n) is 2.66. The molecule has 3 N–H and O–H groups in total. The molecule has 0 atom stereocenters. The molecular formula is C7H11F3N2O3. The molecule has 0 aromatic carbocycles. The SMILES string of the molecule is NC(=O)CNC(=O)CCOCC(F)(F)F. The fourth-order valence-corrected chi connectivity index (χ4v) is 0.627. The maximum Gasteiger partial charge on any atom is 0.411 e. The molecule has 0 rings (SSSR count). The van der Waals surface area contributed by atoms with Gasteiger partial charge in [-0.25, -0.2) is 0 Å². The lowest BCUT2D eigenvalue weighted by atomic mass is 10.4. The molecule has 0 aromatic rings. The normalized spacial score (nSPS) is 11.1. The molecule has 0 bridgehead atoms. The third-order valence-corrected chi connectivity index (χ3v) is 1.20. The van der Waals surface area contributed by atoms with Crippen LogP contribution in [0.25, 0.3) is 0 Å². The Balaban J connectivity index is 3.44. The summed E-state index contributed by atoms with van der Waals surface area (Å²) in [7, 11) is 0. The van der Waals surface area contributed by atoms with Gasteiger partial charge in [-0.2, -0.15) is 13.2 Å². The van der Waals surface area contributed by atoms with E-state index in [2.05, 4.69) is 10.1 Å². The molecule has 0 aromatic heterocycles. The topological polar surface area (TPSA) is 81.4 Å². The number of halogens is 3. The van der Waals surface area contributed by atoms with Crippen LogP contribution < -0.4 is 11.1 Å². The van der Waals surface area contributed by atoms with Crippen molar-refractivity contribution in [2.45, 2.75) is 12.6 Å². The van der Waals surface area contributed by atoms with Gasteiger partial charge in [0.05, 0.1) is 13.2 Å². The molecule has 0 heterocycles. The van der Waals surface area contributed by atoms with E-state index in [1.807, 2.05) is 0 Å². The molecule has 0 spiro atoms. The van der Waals surface area contributed by atoms with Crippen LogP contribution in [0.3, 0.4) is 0 Å². The molecule has 0 saturated carbocycles. The number of nitrogens with one attached hydrogen (secondary N) is 1. The Kier molecular flexibility index (Phi) is 5.68. The number of nitrogens with two attached hydrogens (primary N) is 1. The fourth-order valence-electron chi connectivity index (χ4n) is 0.627. The highest BCUT2D eigenvalue weighted by Crippen LogP contribution is 2.14. The number of ether oxygens (including phenoxy) is 1. The lowest BCUT2D eigenvalue weighted by Gasteiger charge is -2.07. The summed E-state index contributed by atoms with van der Waals surface area (Å²) in [4.78, 5) is 21.0. The van der Waals surface area contributed by atoms with Crippen molar-refractivity contribution >= 4 is 11.8 Å². The van der Waals surface area contributed by atoms with Crippen LogP contribution in [0.5, 0.6) is 0 Å². The molecule has 88 valence electrons. The third kappa shape index (κ3) is 10.6. The van der Waals surface area contributed by atoms with Crippen LogP contribution in [0.4, 0.5) is 13.2 Å². The number of alkyl halides is 3. The maximum atomic E-state index is 11.5. The van der Waals surface area contributed by atoms with Gasteiger partial charge >= 0.3 is 6.18 Å². The zero-order valence-corrected chi connectivity index (χ0v) is 7.76. The highest BCUT2D eigenvalue weighted by atomic mass is 19.4. The van der Waals surface area contributed by atoms with Gasteiger partial charge in [-0.1, -0.05) is 0 Å². The minimum atomic E-state index is -4.40. The minimum Gasteiger partial charge on any atom is -0.372 e.